The molecule has 0 unspecified atom stereocenters. The van der Waals surface area contributed by atoms with Crippen molar-refractivity contribution >= 4 is 136 Å². The molecule has 0 N–H and O–H groups in total. The number of fused-ring (bicyclic) bond motifs is 9. The third kappa shape index (κ3) is 8.63. The number of rotatable bonds is 12. The van der Waals surface area contributed by atoms with E-state index in [0.29, 0.717) is 0 Å². The van der Waals surface area contributed by atoms with Crippen molar-refractivity contribution in [1.82, 2.24) is 13.7 Å². The van der Waals surface area contributed by atoms with Gasteiger partial charge in [-0.1, -0.05) is 249 Å². The Labute approximate surface area is 496 Å². The summed E-state index contributed by atoms with van der Waals surface area (Å²) in [4.78, 5) is 0. The highest BCUT2D eigenvalue weighted by Gasteiger charge is 2.31. The SMILES string of the molecule is O=P(c1ccccc1)(c1ccccc1)c1ccc2c(c1)c1ccccc1n2-c1cc(-n2c3ccccc3c3cc(P(c4ccccc4)c4ccccc4)ccc32)cc(-n2c3ccccc3c3cc(P(c4ccccc4)c4ccccc4)ccc32)c1. The van der Waals surface area contributed by atoms with E-state index in [0.717, 1.165) is 76.8 Å². The van der Waals surface area contributed by atoms with Gasteiger partial charge in [0.25, 0.3) is 0 Å². The topological polar surface area (TPSA) is 31.9 Å². The fourth-order valence-electron chi connectivity index (χ4n) is 13.1. The first kappa shape index (κ1) is 51.0. The van der Waals surface area contributed by atoms with Crippen molar-refractivity contribution < 1.29 is 4.57 Å². The van der Waals surface area contributed by atoms with Crippen LogP contribution in [0.25, 0.3) is 82.5 Å². The fraction of sp³-hybridized carbons (Fsp3) is 0. The van der Waals surface area contributed by atoms with E-state index in [1.165, 1.54) is 53.4 Å². The molecule has 3 aromatic heterocycles. The highest BCUT2D eigenvalue weighted by atomic mass is 31.2. The largest absolute Gasteiger partial charge is 0.309 e. The number of nitrogens with zero attached hydrogens (tertiary/aromatic N) is 3. The van der Waals surface area contributed by atoms with Gasteiger partial charge in [0, 0.05) is 48.2 Å². The summed E-state index contributed by atoms with van der Waals surface area (Å²) < 4.78 is 23.4. The molecule has 3 heterocycles. The molecular formula is C78H54N3OP3. The van der Waals surface area contributed by atoms with Gasteiger partial charge in [-0.3, -0.25) is 0 Å². The summed E-state index contributed by atoms with van der Waals surface area (Å²) in [6.07, 6.45) is 0. The first-order valence-electron chi connectivity index (χ1n) is 28.8. The van der Waals surface area contributed by atoms with Crippen molar-refractivity contribution in [2.75, 3.05) is 0 Å². The molecule has 85 heavy (non-hydrogen) atoms. The van der Waals surface area contributed by atoms with Crippen molar-refractivity contribution in [2.24, 2.45) is 0 Å². The zero-order valence-corrected chi connectivity index (χ0v) is 49.0. The summed E-state index contributed by atoms with van der Waals surface area (Å²) >= 11 is 0. The van der Waals surface area contributed by atoms with E-state index < -0.39 is 23.0 Å². The maximum absolute atomic E-state index is 16.1. The Kier molecular flexibility index (Phi) is 12.7. The molecule has 0 amide bonds. The van der Waals surface area contributed by atoms with Crippen molar-refractivity contribution in [3.05, 3.63) is 328 Å². The van der Waals surface area contributed by atoms with E-state index in [1.54, 1.807) is 0 Å². The smallest absolute Gasteiger partial charge is 0.171 e. The lowest BCUT2D eigenvalue weighted by Crippen LogP contribution is -2.24. The minimum Gasteiger partial charge on any atom is -0.309 e. The van der Waals surface area contributed by atoms with Crippen molar-refractivity contribution in [3.8, 4) is 17.1 Å². The lowest BCUT2D eigenvalue weighted by molar-refractivity contribution is 0.592. The van der Waals surface area contributed by atoms with Gasteiger partial charge in [-0.25, -0.2) is 0 Å². The molecule has 0 saturated carbocycles. The quantitative estimate of drug-likeness (QED) is 0.112. The van der Waals surface area contributed by atoms with E-state index in [4.69, 9.17) is 0 Å². The van der Waals surface area contributed by atoms with Crippen LogP contribution in [-0.4, -0.2) is 13.7 Å². The molecule has 16 rings (SSSR count). The normalized spacial score (nSPS) is 12.0. The summed E-state index contributed by atoms with van der Waals surface area (Å²) in [7, 11) is -5.00. The summed E-state index contributed by atoms with van der Waals surface area (Å²) in [5.74, 6) is 0. The van der Waals surface area contributed by atoms with Gasteiger partial charge in [0.2, 0.25) is 0 Å². The Balaban J connectivity index is 0.959. The Morgan fingerprint density at radius 1 is 0.212 bits per heavy atom. The number of hydrogen-bond acceptors (Lipinski definition) is 1. The average molecular weight is 1140 g/mol. The van der Waals surface area contributed by atoms with Gasteiger partial charge in [0.1, 0.15) is 0 Å². The zero-order chi connectivity index (χ0) is 56.4. The van der Waals surface area contributed by atoms with Crippen LogP contribution in [0.15, 0.2) is 328 Å². The van der Waals surface area contributed by atoms with Crippen LogP contribution in [0.1, 0.15) is 0 Å². The Bertz CT molecular complexity index is 4870. The molecule has 402 valence electrons. The minimum atomic E-state index is -3.30. The van der Waals surface area contributed by atoms with Crippen molar-refractivity contribution in [1.29, 1.82) is 0 Å². The number of para-hydroxylation sites is 3. The molecule has 0 aliphatic carbocycles. The van der Waals surface area contributed by atoms with Crippen LogP contribution in [0.2, 0.25) is 0 Å². The molecule has 0 fully saturated rings. The summed E-state index contributed by atoms with van der Waals surface area (Å²) in [5, 5.41) is 17.3. The molecule has 4 nitrogen and oxygen atoms in total. The van der Waals surface area contributed by atoms with Crippen LogP contribution in [0.5, 0.6) is 0 Å². The van der Waals surface area contributed by atoms with Crippen molar-refractivity contribution in [3.63, 3.8) is 0 Å². The molecule has 0 radical (unpaired) electrons. The van der Waals surface area contributed by atoms with Gasteiger partial charge in [0.05, 0.1) is 50.2 Å². The second-order valence-corrected chi connectivity index (χ2v) is 28.9. The number of benzene rings is 13. The number of aromatic nitrogens is 3. The summed E-state index contributed by atoms with van der Waals surface area (Å²) in [6, 6.07) is 119. The number of hydrogen-bond donors (Lipinski definition) is 0. The summed E-state index contributed by atoms with van der Waals surface area (Å²) in [6.45, 7) is 0. The molecule has 16 aromatic rings. The van der Waals surface area contributed by atoms with E-state index in [2.05, 4.69) is 281 Å². The molecule has 0 aliphatic rings. The first-order valence-corrected chi connectivity index (χ1v) is 33.2. The predicted molar refractivity (Wildman–Crippen MR) is 366 cm³/mol. The Morgan fingerprint density at radius 3 is 0.824 bits per heavy atom. The molecule has 7 heteroatoms. The van der Waals surface area contributed by atoms with Crippen LogP contribution < -0.4 is 47.7 Å². The molecule has 0 bridgehead atoms. The van der Waals surface area contributed by atoms with Crippen LogP contribution in [0.4, 0.5) is 0 Å². The van der Waals surface area contributed by atoms with Gasteiger partial charge in [-0.05, 0) is 127 Å². The monoisotopic (exact) mass is 1140 g/mol. The van der Waals surface area contributed by atoms with E-state index in [9.17, 15) is 0 Å². The zero-order valence-electron chi connectivity index (χ0n) is 46.3. The minimum absolute atomic E-state index is 0.801. The highest BCUT2D eigenvalue weighted by Crippen LogP contribution is 2.46. The second kappa shape index (κ2) is 21.2. The Morgan fingerprint density at radius 2 is 0.482 bits per heavy atom. The summed E-state index contributed by atoms with van der Waals surface area (Å²) in [5.41, 5.74) is 9.73. The van der Waals surface area contributed by atoms with Crippen LogP contribution in [0.3, 0.4) is 0 Å². The average Bonchev–Trinajstić information content (AvgIpc) is 2.07. The van der Waals surface area contributed by atoms with Gasteiger partial charge < -0.3 is 18.3 Å². The first-order chi connectivity index (χ1) is 42.1. The molecule has 0 spiro atoms. The molecule has 0 saturated heterocycles. The maximum Gasteiger partial charge on any atom is 0.171 e. The van der Waals surface area contributed by atoms with E-state index in [-0.39, 0.29) is 0 Å². The molecule has 0 atom stereocenters. The third-order valence-electron chi connectivity index (χ3n) is 16.8. The van der Waals surface area contributed by atoms with Crippen LogP contribution >= 0.6 is 23.0 Å². The van der Waals surface area contributed by atoms with Gasteiger partial charge in [0.15, 0.2) is 7.14 Å². The van der Waals surface area contributed by atoms with Gasteiger partial charge >= 0.3 is 0 Å². The second-order valence-electron chi connectivity index (χ2n) is 21.7. The maximum atomic E-state index is 16.1. The van der Waals surface area contributed by atoms with Crippen molar-refractivity contribution in [2.45, 2.75) is 0 Å². The van der Waals surface area contributed by atoms with E-state index in [1.807, 2.05) is 60.7 Å². The standard InChI is InChI=1S/C78H54N3OP3/c82-85(64-33-15-5-16-34-64,65-35-17-6-18-36-65)66-45-48-78-72(54-66)69-39-21-24-42-75(69)81(78)57-50-55(79-73-40-22-19-37-67(73)70-52-62(43-46-76(70)79)83(58-25-7-1-8-26-58)59-27-9-2-10-28-59)49-56(51-57)80-74-41-23-20-38-68(74)71-53-63(44-47-77(71)80)84(60-29-11-3-12-30-60)61-31-13-4-14-32-61/h1-54H. The lowest BCUT2D eigenvalue weighted by Gasteiger charge is -2.21. The van der Waals surface area contributed by atoms with Gasteiger partial charge in [-0.2, -0.15) is 0 Å². The van der Waals surface area contributed by atoms with Gasteiger partial charge in [-0.15, -0.1) is 0 Å². The predicted octanol–water partition coefficient (Wildman–Crippen LogP) is 16.1. The van der Waals surface area contributed by atoms with E-state index >= 15 is 4.57 Å². The fourth-order valence-corrected chi connectivity index (χ4v) is 20.4. The highest BCUT2D eigenvalue weighted by molar-refractivity contribution is 7.85. The molecule has 13 aromatic carbocycles. The van der Waals surface area contributed by atoms with Crippen LogP contribution in [-0.2, 0) is 4.57 Å². The molecule has 0 aliphatic heterocycles. The molecular weight excluding hydrogens is 1090 g/mol. The third-order valence-corrected chi connectivity index (χ3v) is 24.7. The lowest BCUT2D eigenvalue weighted by atomic mass is 10.1. The Hall–Kier alpha value is -9.65. The van der Waals surface area contributed by atoms with Crippen LogP contribution in [0, 0.1) is 0 Å².